The molecule has 0 unspecified atom stereocenters. The molecule has 4 nitrogen and oxygen atoms in total. The van der Waals surface area contributed by atoms with Gasteiger partial charge in [-0.25, -0.2) is 4.79 Å². The summed E-state index contributed by atoms with van der Waals surface area (Å²) in [5.41, 5.74) is 0.580. The highest BCUT2D eigenvalue weighted by Crippen LogP contribution is 2.39. The van der Waals surface area contributed by atoms with Crippen LogP contribution in [-0.2, 0) is 9.53 Å². The van der Waals surface area contributed by atoms with E-state index in [9.17, 15) is 9.59 Å². The van der Waals surface area contributed by atoms with Gasteiger partial charge in [0.05, 0.1) is 17.7 Å². The minimum atomic E-state index is -0.385. The molecule has 1 heterocycles. The summed E-state index contributed by atoms with van der Waals surface area (Å²) in [6.45, 7) is 6.18. The lowest BCUT2D eigenvalue weighted by Gasteiger charge is -2.40. The topological polar surface area (TPSA) is 46.6 Å². The van der Waals surface area contributed by atoms with Crippen molar-refractivity contribution in [3.63, 3.8) is 0 Å². The van der Waals surface area contributed by atoms with Crippen LogP contribution in [0.1, 0.15) is 86.7 Å². The third kappa shape index (κ3) is 4.78. The zero-order chi connectivity index (χ0) is 20.3. The van der Waals surface area contributed by atoms with E-state index in [1.807, 2.05) is 11.0 Å². The van der Waals surface area contributed by atoms with Gasteiger partial charge in [-0.1, -0.05) is 31.1 Å². The summed E-state index contributed by atoms with van der Waals surface area (Å²) >= 11 is 1.34. The number of esters is 1. The highest BCUT2D eigenvalue weighted by atomic mass is 32.1. The number of hydrogen-bond donors (Lipinski definition) is 0. The van der Waals surface area contributed by atoms with Crippen LogP contribution in [0.25, 0.3) is 0 Å². The highest BCUT2D eigenvalue weighted by molar-refractivity contribution is 7.15. The van der Waals surface area contributed by atoms with Crippen molar-refractivity contribution in [3.8, 4) is 11.8 Å². The molecule has 152 valence electrons. The van der Waals surface area contributed by atoms with Gasteiger partial charge in [-0.3, -0.25) is 4.79 Å². The SMILES string of the molecule is COC(=O)c1sc(C#CC(C)(C)C)cc1N(C(=O)C1CCCCC1)C1CCC1. The number of methoxy groups -OCH3 is 1. The fourth-order valence-electron chi connectivity index (χ4n) is 3.80. The van der Waals surface area contributed by atoms with Crippen LogP contribution in [-0.4, -0.2) is 25.0 Å². The second-order valence-corrected chi connectivity index (χ2v) is 10.00. The lowest BCUT2D eigenvalue weighted by Crippen LogP contribution is -2.47. The molecule has 0 bridgehead atoms. The van der Waals surface area contributed by atoms with E-state index in [1.165, 1.54) is 24.9 Å². The summed E-state index contributed by atoms with van der Waals surface area (Å²) in [6, 6.07) is 2.12. The third-order valence-corrected chi connectivity index (χ3v) is 6.55. The number of ether oxygens (including phenoxy) is 1. The molecule has 0 N–H and O–H groups in total. The van der Waals surface area contributed by atoms with E-state index in [-0.39, 0.29) is 29.3 Å². The average Bonchev–Trinajstić information content (AvgIpc) is 3.05. The van der Waals surface area contributed by atoms with E-state index in [1.54, 1.807) is 0 Å². The smallest absolute Gasteiger partial charge is 0.350 e. The van der Waals surface area contributed by atoms with E-state index >= 15 is 0 Å². The quantitative estimate of drug-likeness (QED) is 0.501. The fourth-order valence-corrected chi connectivity index (χ4v) is 4.72. The van der Waals surface area contributed by atoms with Crippen LogP contribution in [0, 0.1) is 23.2 Å². The molecule has 2 fully saturated rings. The number of anilines is 1. The Bertz CT molecular complexity index is 783. The van der Waals surface area contributed by atoms with E-state index < -0.39 is 0 Å². The Morgan fingerprint density at radius 1 is 1.11 bits per heavy atom. The molecule has 1 aromatic rings. The van der Waals surface area contributed by atoms with E-state index in [4.69, 9.17) is 4.74 Å². The summed E-state index contributed by atoms with van der Waals surface area (Å²) in [5, 5.41) is 0. The first kappa shape index (κ1) is 20.9. The number of amides is 1. The normalized spacial score (nSPS) is 18.0. The summed E-state index contributed by atoms with van der Waals surface area (Å²) in [4.78, 5) is 29.2. The molecule has 1 aromatic heterocycles. The Labute approximate surface area is 172 Å². The number of rotatable bonds is 4. The average molecular weight is 402 g/mol. The van der Waals surface area contributed by atoms with Crippen LogP contribution < -0.4 is 4.90 Å². The largest absolute Gasteiger partial charge is 0.465 e. The molecular formula is C23H31NO3S. The zero-order valence-corrected chi connectivity index (χ0v) is 18.3. The molecule has 0 spiro atoms. The Hall–Kier alpha value is -1.80. The van der Waals surface area contributed by atoms with Gasteiger partial charge in [0.15, 0.2) is 0 Å². The number of carbonyl (C=O) groups is 2. The lowest BCUT2D eigenvalue weighted by atomic mass is 9.85. The number of thiophene rings is 1. The van der Waals surface area contributed by atoms with Crippen LogP contribution in [0.4, 0.5) is 5.69 Å². The maximum Gasteiger partial charge on any atom is 0.350 e. The predicted octanol–water partition coefficient (Wildman–Crippen LogP) is 5.40. The number of hydrogen-bond acceptors (Lipinski definition) is 4. The van der Waals surface area contributed by atoms with Gasteiger partial charge in [0, 0.05) is 17.4 Å². The van der Waals surface area contributed by atoms with Gasteiger partial charge in [-0.05, 0) is 58.9 Å². The maximum absolute atomic E-state index is 13.5. The van der Waals surface area contributed by atoms with Crippen molar-refractivity contribution in [1.29, 1.82) is 0 Å². The highest BCUT2D eigenvalue weighted by Gasteiger charge is 2.37. The molecule has 2 saturated carbocycles. The van der Waals surface area contributed by atoms with E-state index in [0.29, 0.717) is 10.6 Å². The van der Waals surface area contributed by atoms with E-state index in [0.717, 1.165) is 49.8 Å². The second-order valence-electron chi connectivity index (χ2n) is 8.94. The molecule has 3 rings (SSSR count). The molecule has 0 radical (unpaired) electrons. The molecule has 2 aliphatic rings. The first-order valence-electron chi connectivity index (χ1n) is 10.4. The third-order valence-electron chi connectivity index (χ3n) is 5.54. The van der Waals surface area contributed by atoms with Crippen molar-refractivity contribution in [2.45, 2.75) is 78.2 Å². The Kier molecular flexibility index (Phi) is 6.50. The van der Waals surface area contributed by atoms with Crippen LogP contribution >= 0.6 is 11.3 Å². The fraction of sp³-hybridized carbons (Fsp3) is 0.652. The molecule has 0 aliphatic heterocycles. The van der Waals surface area contributed by atoms with Crippen molar-refractivity contribution in [2.75, 3.05) is 12.0 Å². The summed E-state index contributed by atoms with van der Waals surface area (Å²) in [6.07, 6.45) is 8.48. The van der Waals surface area contributed by atoms with Crippen molar-refractivity contribution in [2.24, 2.45) is 11.3 Å². The predicted molar refractivity (Wildman–Crippen MR) is 114 cm³/mol. The Morgan fingerprint density at radius 2 is 1.79 bits per heavy atom. The first-order valence-corrected chi connectivity index (χ1v) is 11.2. The van der Waals surface area contributed by atoms with Crippen molar-refractivity contribution in [3.05, 3.63) is 15.8 Å². The van der Waals surface area contributed by atoms with Crippen molar-refractivity contribution < 1.29 is 14.3 Å². The van der Waals surface area contributed by atoms with Crippen LogP contribution in [0.15, 0.2) is 6.07 Å². The molecule has 0 atom stereocenters. The molecular weight excluding hydrogens is 370 g/mol. The second kappa shape index (κ2) is 8.69. The van der Waals surface area contributed by atoms with Gasteiger partial charge in [0.2, 0.25) is 5.91 Å². The molecule has 2 aliphatic carbocycles. The number of nitrogens with zero attached hydrogens (tertiary/aromatic N) is 1. The van der Waals surface area contributed by atoms with Crippen molar-refractivity contribution in [1.82, 2.24) is 0 Å². The van der Waals surface area contributed by atoms with Gasteiger partial charge in [0.25, 0.3) is 0 Å². The van der Waals surface area contributed by atoms with Crippen molar-refractivity contribution >= 4 is 28.9 Å². The molecule has 28 heavy (non-hydrogen) atoms. The van der Waals surface area contributed by atoms with E-state index in [2.05, 4.69) is 32.6 Å². The van der Waals surface area contributed by atoms with Gasteiger partial charge in [-0.2, -0.15) is 0 Å². The summed E-state index contributed by atoms with van der Waals surface area (Å²) in [7, 11) is 1.39. The minimum absolute atomic E-state index is 0.0730. The van der Waals surface area contributed by atoms with Crippen LogP contribution in [0.3, 0.4) is 0 Å². The molecule has 0 aromatic carbocycles. The first-order chi connectivity index (χ1) is 13.3. The number of carbonyl (C=O) groups excluding carboxylic acids is 2. The van der Waals surface area contributed by atoms with Crippen LogP contribution in [0.2, 0.25) is 0 Å². The van der Waals surface area contributed by atoms with Gasteiger partial charge in [0.1, 0.15) is 4.88 Å². The molecule has 0 saturated heterocycles. The molecule has 5 heteroatoms. The van der Waals surface area contributed by atoms with Gasteiger partial charge >= 0.3 is 5.97 Å². The van der Waals surface area contributed by atoms with Gasteiger partial charge < -0.3 is 9.64 Å². The zero-order valence-electron chi connectivity index (χ0n) is 17.5. The lowest BCUT2D eigenvalue weighted by molar-refractivity contribution is -0.124. The molecule has 1 amide bonds. The monoisotopic (exact) mass is 401 g/mol. The Morgan fingerprint density at radius 3 is 2.32 bits per heavy atom. The Balaban J connectivity index is 1.99. The standard InChI is InChI=1S/C23H31NO3S/c1-23(2,3)14-13-18-15-19(20(28-18)22(26)27-4)24(17-11-8-12-17)21(25)16-9-6-5-7-10-16/h15-17H,5-12H2,1-4H3. The minimum Gasteiger partial charge on any atom is -0.465 e. The summed E-state index contributed by atoms with van der Waals surface area (Å²) in [5.74, 6) is 6.30. The van der Waals surface area contributed by atoms with Gasteiger partial charge in [-0.15, -0.1) is 11.3 Å². The summed E-state index contributed by atoms with van der Waals surface area (Å²) < 4.78 is 5.03. The van der Waals surface area contributed by atoms with Crippen LogP contribution in [0.5, 0.6) is 0 Å². The maximum atomic E-state index is 13.5.